The van der Waals surface area contributed by atoms with Gasteiger partial charge in [0.05, 0.1) is 5.52 Å². The number of fused-ring (bicyclic) bond motifs is 1. The van der Waals surface area contributed by atoms with Crippen molar-refractivity contribution in [2.24, 2.45) is 4.99 Å². The van der Waals surface area contributed by atoms with Crippen LogP contribution in [0, 0.1) is 0 Å². The fourth-order valence-corrected chi connectivity index (χ4v) is 4.26. The Bertz CT molecular complexity index is 780. The molecular weight excluding hydrogens is 469 g/mol. The molecule has 0 saturated heterocycles. The van der Waals surface area contributed by atoms with E-state index in [0.717, 1.165) is 29.1 Å². The van der Waals surface area contributed by atoms with Gasteiger partial charge in [-0.1, -0.05) is 18.2 Å². The molecule has 3 rings (SSSR count). The van der Waals surface area contributed by atoms with Gasteiger partial charge in [-0.3, -0.25) is 4.99 Å². The van der Waals surface area contributed by atoms with E-state index in [1.807, 2.05) is 43.9 Å². The number of nitrogens with one attached hydrogen (secondary N) is 2. The van der Waals surface area contributed by atoms with E-state index in [9.17, 15) is 0 Å². The van der Waals surface area contributed by atoms with Crippen molar-refractivity contribution < 1.29 is 0 Å². The first-order chi connectivity index (χ1) is 12.6. The van der Waals surface area contributed by atoms with Gasteiger partial charge in [0.15, 0.2) is 5.96 Å². The van der Waals surface area contributed by atoms with Gasteiger partial charge in [0.1, 0.15) is 5.82 Å². The predicted octanol–water partition coefficient (Wildman–Crippen LogP) is 3.87. The second kappa shape index (κ2) is 10.4. The normalized spacial score (nSPS) is 19.6. The highest BCUT2D eigenvalue weighted by Gasteiger charge is 2.24. The Morgan fingerprint density at radius 3 is 2.74 bits per heavy atom. The molecule has 0 amide bonds. The molecule has 2 aromatic rings. The molecule has 7 heteroatoms. The molecule has 148 valence electrons. The van der Waals surface area contributed by atoms with E-state index >= 15 is 0 Å². The Balaban J connectivity index is 0.00000261. The summed E-state index contributed by atoms with van der Waals surface area (Å²) < 4.78 is 0. The van der Waals surface area contributed by atoms with Gasteiger partial charge in [-0.05, 0) is 43.2 Å². The largest absolute Gasteiger partial charge is 0.363 e. The SMILES string of the molecule is CN=C(NCc1cc(N(C)C)nc2ccccc12)NC1CCC(SC)C1.I. The lowest BCUT2D eigenvalue weighted by atomic mass is 10.1. The van der Waals surface area contributed by atoms with Gasteiger partial charge in [0.25, 0.3) is 0 Å². The zero-order chi connectivity index (χ0) is 18.5. The zero-order valence-corrected chi connectivity index (χ0v) is 19.7. The van der Waals surface area contributed by atoms with Crippen molar-refractivity contribution in [3.8, 4) is 0 Å². The monoisotopic (exact) mass is 499 g/mol. The van der Waals surface area contributed by atoms with E-state index < -0.39 is 0 Å². The number of halogens is 1. The van der Waals surface area contributed by atoms with Crippen molar-refractivity contribution in [1.29, 1.82) is 0 Å². The standard InChI is InChI=1S/C20H29N5S.HI/c1-21-20(23-15-9-10-16(12-15)26-4)22-13-14-11-19(25(2)3)24-18-8-6-5-7-17(14)18;/h5-8,11,15-16H,9-10,12-13H2,1-4H3,(H2,21,22,23);1H. The van der Waals surface area contributed by atoms with Crippen LogP contribution >= 0.6 is 35.7 Å². The molecule has 0 radical (unpaired) electrons. The Morgan fingerprint density at radius 2 is 2.07 bits per heavy atom. The van der Waals surface area contributed by atoms with Crippen LogP contribution in [0.3, 0.4) is 0 Å². The Morgan fingerprint density at radius 1 is 1.30 bits per heavy atom. The number of aliphatic imine (C=N–C) groups is 1. The third kappa shape index (κ3) is 5.63. The summed E-state index contributed by atoms with van der Waals surface area (Å²) in [6.45, 7) is 0.724. The smallest absolute Gasteiger partial charge is 0.191 e. The van der Waals surface area contributed by atoms with Crippen molar-refractivity contribution in [1.82, 2.24) is 15.6 Å². The summed E-state index contributed by atoms with van der Waals surface area (Å²) in [7, 11) is 5.89. The minimum atomic E-state index is 0. The highest BCUT2D eigenvalue weighted by molar-refractivity contribution is 14.0. The van der Waals surface area contributed by atoms with Crippen LogP contribution in [-0.4, -0.2) is 49.6 Å². The van der Waals surface area contributed by atoms with E-state index in [4.69, 9.17) is 4.98 Å². The Hall–Kier alpha value is -1.22. The molecular formula is C20H30IN5S. The number of rotatable bonds is 5. The number of thioether (sulfide) groups is 1. The topological polar surface area (TPSA) is 52.6 Å². The first-order valence-corrected chi connectivity index (χ1v) is 10.5. The van der Waals surface area contributed by atoms with Crippen LogP contribution in [0.25, 0.3) is 10.9 Å². The van der Waals surface area contributed by atoms with Gasteiger partial charge in [-0.2, -0.15) is 11.8 Å². The average Bonchev–Trinajstić information content (AvgIpc) is 3.12. The molecule has 1 aromatic carbocycles. The molecule has 5 nitrogen and oxygen atoms in total. The Kier molecular flexibility index (Phi) is 8.47. The summed E-state index contributed by atoms with van der Waals surface area (Å²) in [6, 6.07) is 11.0. The molecule has 2 atom stereocenters. The van der Waals surface area contributed by atoms with E-state index in [1.54, 1.807) is 0 Å². The summed E-state index contributed by atoms with van der Waals surface area (Å²) in [5, 5.41) is 9.03. The molecule has 2 unspecified atom stereocenters. The van der Waals surface area contributed by atoms with Gasteiger partial charge in [0, 0.05) is 44.4 Å². The lowest BCUT2D eigenvalue weighted by molar-refractivity contribution is 0.615. The highest BCUT2D eigenvalue weighted by Crippen LogP contribution is 2.28. The summed E-state index contributed by atoms with van der Waals surface area (Å²) in [5.41, 5.74) is 2.26. The van der Waals surface area contributed by atoms with E-state index in [2.05, 4.69) is 46.1 Å². The second-order valence-electron chi connectivity index (χ2n) is 6.99. The van der Waals surface area contributed by atoms with E-state index in [-0.39, 0.29) is 24.0 Å². The van der Waals surface area contributed by atoms with Crippen LogP contribution in [0.15, 0.2) is 35.3 Å². The number of pyridine rings is 1. The summed E-state index contributed by atoms with van der Waals surface area (Å²) >= 11 is 1.97. The maximum atomic E-state index is 4.73. The van der Waals surface area contributed by atoms with Crippen molar-refractivity contribution >= 4 is 58.4 Å². The fourth-order valence-electron chi connectivity index (χ4n) is 3.46. The molecule has 1 saturated carbocycles. The van der Waals surface area contributed by atoms with Crippen molar-refractivity contribution in [3.05, 3.63) is 35.9 Å². The van der Waals surface area contributed by atoms with E-state index in [1.165, 1.54) is 30.2 Å². The Labute approximate surface area is 183 Å². The van der Waals surface area contributed by atoms with Crippen LogP contribution in [0.1, 0.15) is 24.8 Å². The third-order valence-corrected chi connectivity index (χ3v) is 6.07. The molecule has 1 aliphatic rings. The number of guanidine groups is 1. The fraction of sp³-hybridized carbons (Fsp3) is 0.500. The van der Waals surface area contributed by atoms with Crippen LogP contribution in [0.2, 0.25) is 0 Å². The first kappa shape index (κ1) is 22.1. The van der Waals surface area contributed by atoms with Crippen molar-refractivity contribution in [2.75, 3.05) is 32.3 Å². The molecule has 0 spiro atoms. The number of aromatic nitrogens is 1. The predicted molar refractivity (Wildman–Crippen MR) is 130 cm³/mol. The average molecular weight is 499 g/mol. The second-order valence-corrected chi connectivity index (χ2v) is 8.13. The third-order valence-electron chi connectivity index (χ3n) is 4.98. The number of benzene rings is 1. The van der Waals surface area contributed by atoms with Gasteiger partial charge < -0.3 is 15.5 Å². The van der Waals surface area contributed by atoms with Gasteiger partial charge in [-0.25, -0.2) is 4.98 Å². The van der Waals surface area contributed by atoms with Gasteiger partial charge in [0.2, 0.25) is 0 Å². The highest BCUT2D eigenvalue weighted by atomic mass is 127. The van der Waals surface area contributed by atoms with Crippen LogP contribution in [0.4, 0.5) is 5.82 Å². The number of nitrogens with zero attached hydrogens (tertiary/aromatic N) is 3. The zero-order valence-electron chi connectivity index (χ0n) is 16.5. The van der Waals surface area contributed by atoms with Crippen molar-refractivity contribution in [3.63, 3.8) is 0 Å². The first-order valence-electron chi connectivity index (χ1n) is 9.16. The summed E-state index contributed by atoms with van der Waals surface area (Å²) in [5.74, 6) is 1.85. The quantitative estimate of drug-likeness (QED) is 0.372. The summed E-state index contributed by atoms with van der Waals surface area (Å²) in [4.78, 5) is 11.2. The lowest BCUT2D eigenvalue weighted by Gasteiger charge is -2.19. The molecule has 1 aliphatic carbocycles. The summed E-state index contributed by atoms with van der Waals surface area (Å²) in [6.07, 6.45) is 5.92. The molecule has 0 bridgehead atoms. The maximum absolute atomic E-state index is 4.73. The minimum absolute atomic E-state index is 0. The van der Waals surface area contributed by atoms with Crippen molar-refractivity contribution in [2.45, 2.75) is 37.1 Å². The molecule has 2 N–H and O–H groups in total. The van der Waals surface area contributed by atoms with E-state index in [0.29, 0.717) is 6.04 Å². The lowest BCUT2D eigenvalue weighted by Crippen LogP contribution is -2.42. The molecule has 0 aliphatic heterocycles. The van der Waals surface area contributed by atoms with Crippen LogP contribution in [-0.2, 0) is 6.54 Å². The number of anilines is 1. The van der Waals surface area contributed by atoms with Gasteiger partial charge >= 0.3 is 0 Å². The number of hydrogen-bond acceptors (Lipinski definition) is 4. The number of para-hydroxylation sites is 1. The van der Waals surface area contributed by atoms with Crippen LogP contribution < -0.4 is 15.5 Å². The minimum Gasteiger partial charge on any atom is -0.363 e. The molecule has 1 fully saturated rings. The van der Waals surface area contributed by atoms with Gasteiger partial charge in [-0.15, -0.1) is 24.0 Å². The molecule has 1 aromatic heterocycles. The molecule has 1 heterocycles. The molecule has 27 heavy (non-hydrogen) atoms. The maximum Gasteiger partial charge on any atom is 0.191 e. The van der Waals surface area contributed by atoms with Crippen LogP contribution in [0.5, 0.6) is 0 Å². The number of hydrogen-bond donors (Lipinski definition) is 2.